The third-order valence-electron chi connectivity index (χ3n) is 3.67. The van der Waals surface area contributed by atoms with E-state index in [1.54, 1.807) is 4.68 Å². The van der Waals surface area contributed by atoms with Crippen molar-refractivity contribution in [2.45, 2.75) is 37.8 Å². The molecule has 19 heavy (non-hydrogen) atoms. The molecule has 0 radical (unpaired) electrons. The monoisotopic (exact) mass is 262 g/mol. The van der Waals surface area contributed by atoms with Crippen molar-refractivity contribution in [1.29, 1.82) is 0 Å². The molecule has 1 saturated carbocycles. The Morgan fingerprint density at radius 1 is 1.26 bits per heavy atom. The molecule has 0 saturated heterocycles. The molecule has 0 bridgehead atoms. The van der Waals surface area contributed by atoms with Crippen LogP contribution in [0.25, 0.3) is 11.2 Å². The number of rotatable bonds is 2. The summed E-state index contributed by atoms with van der Waals surface area (Å²) in [5.41, 5.74) is 1.38. The summed E-state index contributed by atoms with van der Waals surface area (Å²) in [7, 11) is 3.83. The Balaban J connectivity index is 2.08. The highest BCUT2D eigenvalue weighted by Gasteiger charge is 2.28. The van der Waals surface area contributed by atoms with Crippen molar-refractivity contribution in [2.24, 2.45) is 0 Å². The zero-order valence-electron chi connectivity index (χ0n) is 11.2. The molecule has 0 aromatic carbocycles. The molecule has 2 atom stereocenters. The number of hydrogen-bond donors (Lipinski definition) is 1. The van der Waals surface area contributed by atoms with Crippen molar-refractivity contribution in [1.82, 2.24) is 25.0 Å². The average Bonchev–Trinajstić information content (AvgIpc) is 2.82. The Hall–Kier alpha value is -1.76. The molecular weight excluding hydrogens is 244 g/mol. The molecule has 0 spiro atoms. The molecule has 2 aromatic rings. The SMILES string of the molecule is CN(C)c1ncnc2c1nnn2[C@H]1CCCC[C@H]1O. The lowest BCUT2D eigenvalue weighted by atomic mass is 9.93. The van der Waals surface area contributed by atoms with Gasteiger partial charge in [-0.3, -0.25) is 0 Å². The Bertz CT molecular complexity index is 581. The summed E-state index contributed by atoms with van der Waals surface area (Å²) in [6.07, 6.45) is 5.07. The second-order valence-electron chi connectivity index (χ2n) is 5.22. The smallest absolute Gasteiger partial charge is 0.184 e. The number of aliphatic hydroxyl groups is 1. The first kappa shape index (κ1) is 12.3. The minimum atomic E-state index is -0.364. The molecule has 1 aliphatic rings. The van der Waals surface area contributed by atoms with Crippen molar-refractivity contribution in [3.05, 3.63) is 6.33 Å². The van der Waals surface area contributed by atoms with E-state index < -0.39 is 0 Å². The van der Waals surface area contributed by atoms with Crippen LogP contribution >= 0.6 is 0 Å². The van der Waals surface area contributed by atoms with E-state index in [1.165, 1.54) is 6.33 Å². The van der Waals surface area contributed by atoms with Gasteiger partial charge >= 0.3 is 0 Å². The van der Waals surface area contributed by atoms with E-state index >= 15 is 0 Å². The van der Waals surface area contributed by atoms with Crippen LogP contribution < -0.4 is 4.90 Å². The molecule has 1 N–H and O–H groups in total. The Morgan fingerprint density at radius 2 is 2.05 bits per heavy atom. The lowest BCUT2D eigenvalue weighted by Gasteiger charge is -2.27. The van der Waals surface area contributed by atoms with Gasteiger partial charge in [0.25, 0.3) is 0 Å². The van der Waals surface area contributed by atoms with Crippen molar-refractivity contribution in [3.63, 3.8) is 0 Å². The molecule has 0 aliphatic heterocycles. The van der Waals surface area contributed by atoms with E-state index in [0.717, 1.165) is 31.5 Å². The summed E-state index contributed by atoms with van der Waals surface area (Å²) in [4.78, 5) is 10.4. The lowest BCUT2D eigenvalue weighted by Crippen LogP contribution is -2.28. The highest BCUT2D eigenvalue weighted by Crippen LogP contribution is 2.30. The molecule has 0 unspecified atom stereocenters. The quantitative estimate of drug-likeness (QED) is 0.860. The summed E-state index contributed by atoms with van der Waals surface area (Å²) in [6.45, 7) is 0. The fraction of sp³-hybridized carbons (Fsp3) is 0.667. The van der Waals surface area contributed by atoms with Crippen molar-refractivity contribution < 1.29 is 5.11 Å². The maximum absolute atomic E-state index is 10.1. The standard InChI is InChI=1S/C12H18N6O/c1-17(2)11-10-12(14-7-13-11)18(16-15-10)8-5-3-4-6-9(8)19/h7-9,19H,3-6H2,1-2H3/t8-,9+/m0/s1. The third-order valence-corrected chi connectivity index (χ3v) is 3.67. The molecule has 2 heterocycles. The van der Waals surface area contributed by atoms with Gasteiger partial charge in [0.1, 0.15) is 6.33 Å². The van der Waals surface area contributed by atoms with Crippen LogP contribution in [0.3, 0.4) is 0 Å². The van der Waals surface area contributed by atoms with E-state index in [1.807, 2.05) is 19.0 Å². The van der Waals surface area contributed by atoms with Gasteiger partial charge in [-0.1, -0.05) is 18.1 Å². The van der Waals surface area contributed by atoms with Gasteiger partial charge in [-0.15, -0.1) is 5.10 Å². The van der Waals surface area contributed by atoms with Gasteiger partial charge in [0.2, 0.25) is 0 Å². The van der Waals surface area contributed by atoms with E-state index in [0.29, 0.717) is 11.2 Å². The molecule has 7 nitrogen and oxygen atoms in total. The molecule has 1 fully saturated rings. The summed E-state index contributed by atoms with van der Waals surface area (Å²) in [6, 6.07) is -0.0244. The van der Waals surface area contributed by atoms with Crippen LogP contribution in [0.15, 0.2) is 6.33 Å². The summed E-state index contributed by atoms with van der Waals surface area (Å²) in [5, 5.41) is 18.5. The number of aromatic nitrogens is 5. The lowest BCUT2D eigenvalue weighted by molar-refractivity contribution is 0.0703. The molecule has 0 amide bonds. The Labute approximate surface area is 111 Å². The number of fused-ring (bicyclic) bond motifs is 1. The summed E-state index contributed by atoms with van der Waals surface area (Å²) in [5.74, 6) is 0.751. The van der Waals surface area contributed by atoms with Crippen LogP contribution in [0.1, 0.15) is 31.7 Å². The second kappa shape index (κ2) is 4.73. The highest BCUT2D eigenvalue weighted by molar-refractivity contribution is 5.82. The van der Waals surface area contributed by atoms with E-state index in [4.69, 9.17) is 0 Å². The van der Waals surface area contributed by atoms with Crippen molar-refractivity contribution in [3.8, 4) is 0 Å². The molecule has 3 rings (SSSR count). The first-order valence-electron chi connectivity index (χ1n) is 6.60. The average molecular weight is 262 g/mol. The van der Waals surface area contributed by atoms with E-state index in [-0.39, 0.29) is 12.1 Å². The summed E-state index contributed by atoms with van der Waals surface area (Å²) < 4.78 is 1.76. The first-order valence-corrected chi connectivity index (χ1v) is 6.60. The van der Waals surface area contributed by atoms with Gasteiger partial charge in [0.05, 0.1) is 12.1 Å². The predicted molar refractivity (Wildman–Crippen MR) is 71.0 cm³/mol. The van der Waals surface area contributed by atoms with Crippen LogP contribution in [0, 0.1) is 0 Å². The maximum atomic E-state index is 10.1. The van der Waals surface area contributed by atoms with E-state index in [2.05, 4.69) is 20.3 Å². The fourth-order valence-electron chi connectivity index (χ4n) is 2.68. The second-order valence-corrected chi connectivity index (χ2v) is 5.22. The van der Waals surface area contributed by atoms with Crippen LogP contribution in [0.4, 0.5) is 5.82 Å². The Morgan fingerprint density at radius 3 is 2.79 bits per heavy atom. The van der Waals surface area contributed by atoms with Crippen LogP contribution in [-0.2, 0) is 0 Å². The normalized spacial score (nSPS) is 23.7. The van der Waals surface area contributed by atoms with Gasteiger partial charge in [-0.2, -0.15) is 0 Å². The number of nitrogens with zero attached hydrogens (tertiary/aromatic N) is 6. The van der Waals surface area contributed by atoms with Crippen molar-refractivity contribution >= 4 is 17.0 Å². The van der Waals surface area contributed by atoms with E-state index in [9.17, 15) is 5.11 Å². The fourth-order valence-corrected chi connectivity index (χ4v) is 2.68. The summed E-state index contributed by atoms with van der Waals surface area (Å²) >= 11 is 0. The highest BCUT2D eigenvalue weighted by atomic mass is 16.3. The minimum absolute atomic E-state index is 0.0244. The maximum Gasteiger partial charge on any atom is 0.184 e. The van der Waals surface area contributed by atoms with Crippen LogP contribution in [0.5, 0.6) is 0 Å². The molecule has 2 aromatic heterocycles. The number of aliphatic hydroxyl groups excluding tert-OH is 1. The van der Waals surface area contributed by atoms with Gasteiger partial charge in [0, 0.05) is 14.1 Å². The zero-order valence-corrected chi connectivity index (χ0v) is 11.2. The van der Waals surface area contributed by atoms with Gasteiger partial charge in [0.15, 0.2) is 17.0 Å². The number of anilines is 1. The Kier molecular flexibility index (Phi) is 3.06. The van der Waals surface area contributed by atoms with Gasteiger partial charge < -0.3 is 10.0 Å². The largest absolute Gasteiger partial charge is 0.391 e. The molecule has 102 valence electrons. The minimum Gasteiger partial charge on any atom is -0.391 e. The predicted octanol–water partition coefficient (Wildman–Crippen LogP) is 0.763. The van der Waals surface area contributed by atoms with Crippen molar-refractivity contribution in [2.75, 3.05) is 19.0 Å². The number of hydrogen-bond acceptors (Lipinski definition) is 6. The third kappa shape index (κ3) is 2.03. The van der Waals surface area contributed by atoms with Gasteiger partial charge in [-0.25, -0.2) is 14.6 Å². The first-order chi connectivity index (χ1) is 9.18. The molecule has 1 aliphatic carbocycles. The van der Waals surface area contributed by atoms with Crippen LogP contribution in [0.2, 0.25) is 0 Å². The van der Waals surface area contributed by atoms with Gasteiger partial charge in [-0.05, 0) is 12.8 Å². The van der Waals surface area contributed by atoms with Crippen LogP contribution in [-0.4, -0.2) is 50.3 Å². The molecular formula is C12H18N6O. The topological polar surface area (TPSA) is 80.0 Å². The zero-order chi connectivity index (χ0) is 13.4. The molecule has 7 heteroatoms.